The van der Waals surface area contributed by atoms with Crippen molar-refractivity contribution in [2.75, 3.05) is 7.11 Å². The zero-order valence-electron chi connectivity index (χ0n) is 6.52. The summed E-state index contributed by atoms with van der Waals surface area (Å²) >= 11 is 8.50. The van der Waals surface area contributed by atoms with Gasteiger partial charge in [-0.25, -0.2) is 13.8 Å². The number of halogens is 4. The lowest BCUT2D eigenvalue weighted by atomic mass is 10.3. The van der Waals surface area contributed by atoms with E-state index in [0.29, 0.717) is 0 Å². The molecule has 1 aromatic heterocycles. The minimum absolute atomic E-state index is 0.0451. The van der Waals surface area contributed by atoms with Gasteiger partial charge >= 0.3 is 0 Å². The number of alkyl halides is 2. The van der Waals surface area contributed by atoms with Crippen LogP contribution in [0.5, 0.6) is 5.88 Å². The number of nitrogens with zero attached hydrogens (tertiary/aromatic N) is 1. The Balaban J connectivity index is 3.20. The Morgan fingerprint density at radius 1 is 1.62 bits per heavy atom. The SMILES string of the molecule is COc1nc(Br)c(C(F)F)cc1Cl. The van der Waals surface area contributed by atoms with Crippen molar-refractivity contribution in [3.05, 3.63) is 21.3 Å². The van der Waals surface area contributed by atoms with E-state index in [9.17, 15) is 8.78 Å². The predicted octanol–water partition coefficient (Wildman–Crippen LogP) is 3.44. The Labute approximate surface area is 87.0 Å². The first kappa shape index (κ1) is 10.7. The van der Waals surface area contributed by atoms with Crippen LogP contribution in [-0.2, 0) is 0 Å². The lowest BCUT2D eigenvalue weighted by Crippen LogP contribution is -1.94. The summed E-state index contributed by atoms with van der Waals surface area (Å²) in [6.45, 7) is 0. The van der Waals surface area contributed by atoms with Gasteiger partial charge in [-0.1, -0.05) is 11.6 Å². The first-order chi connectivity index (χ1) is 6.06. The van der Waals surface area contributed by atoms with Crippen molar-refractivity contribution >= 4 is 27.5 Å². The van der Waals surface area contributed by atoms with Crippen molar-refractivity contribution in [3.8, 4) is 5.88 Å². The van der Waals surface area contributed by atoms with Crippen LogP contribution in [0.25, 0.3) is 0 Å². The highest BCUT2D eigenvalue weighted by atomic mass is 79.9. The van der Waals surface area contributed by atoms with Gasteiger partial charge in [-0.3, -0.25) is 0 Å². The molecule has 0 N–H and O–H groups in total. The molecule has 1 heterocycles. The third-order valence-corrected chi connectivity index (χ3v) is 2.26. The van der Waals surface area contributed by atoms with E-state index in [4.69, 9.17) is 16.3 Å². The number of pyridine rings is 1. The van der Waals surface area contributed by atoms with Gasteiger partial charge in [-0.2, -0.15) is 0 Å². The highest BCUT2D eigenvalue weighted by Crippen LogP contribution is 2.32. The normalized spacial score (nSPS) is 10.6. The number of ether oxygens (including phenoxy) is 1. The molecule has 0 aromatic carbocycles. The van der Waals surface area contributed by atoms with Crippen LogP contribution in [0, 0.1) is 0 Å². The van der Waals surface area contributed by atoms with Crippen LogP contribution in [0.4, 0.5) is 8.78 Å². The minimum Gasteiger partial charge on any atom is -0.480 e. The second-order valence-electron chi connectivity index (χ2n) is 2.16. The summed E-state index contributed by atoms with van der Waals surface area (Å²) in [5.74, 6) is 0.123. The van der Waals surface area contributed by atoms with Crippen molar-refractivity contribution in [3.63, 3.8) is 0 Å². The van der Waals surface area contributed by atoms with Crippen LogP contribution in [-0.4, -0.2) is 12.1 Å². The zero-order valence-corrected chi connectivity index (χ0v) is 8.86. The third kappa shape index (κ3) is 2.28. The van der Waals surface area contributed by atoms with Gasteiger partial charge in [0.15, 0.2) is 0 Å². The summed E-state index contributed by atoms with van der Waals surface area (Å²) in [5.41, 5.74) is -0.245. The molecule has 1 aromatic rings. The van der Waals surface area contributed by atoms with E-state index in [-0.39, 0.29) is 21.1 Å². The van der Waals surface area contributed by atoms with Crippen LogP contribution < -0.4 is 4.74 Å². The molecule has 2 nitrogen and oxygen atoms in total. The Hall–Kier alpha value is -0.420. The molecule has 0 spiro atoms. The van der Waals surface area contributed by atoms with E-state index >= 15 is 0 Å². The van der Waals surface area contributed by atoms with Gasteiger partial charge in [-0.15, -0.1) is 0 Å². The molecule has 6 heteroatoms. The van der Waals surface area contributed by atoms with Gasteiger partial charge in [0.05, 0.1) is 12.7 Å². The molecule has 0 fully saturated rings. The average molecular weight is 272 g/mol. The quantitative estimate of drug-likeness (QED) is 0.769. The maximum Gasteiger partial charge on any atom is 0.266 e. The van der Waals surface area contributed by atoms with Crippen LogP contribution in [0.1, 0.15) is 12.0 Å². The van der Waals surface area contributed by atoms with Crippen molar-refractivity contribution in [2.45, 2.75) is 6.43 Å². The molecule has 0 aliphatic rings. The molecular formula is C7H5BrClF2NO. The van der Waals surface area contributed by atoms with Gasteiger partial charge in [0.25, 0.3) is 6.43 Å². The predicted molar refractivity (Wildman–Crippen MR) is 48.5 cm³/mol. The first-order valence-electron chi connectivity index (χ1n) is 3.24. The molecule has 0 radical (unpaired) electrons. The smallest absolute Gasteiger partial charge is 0.266 e. The maximum absolute atomic E-state index is 12.3. The van der Waals surface area contributed by atoms with Crippen molar-refractivity contribution in [1.29, 1.82) is 0 Å². The Morgan fingerprint density at radius 3 is 2.69 bits per heavy atom. The number of hydrogen-bond acceptors (Lipinski definition) is 2. The molecule has 1 rings (SSSR count). The standard InChI is InChI=1S/C7H5BrClF2NO/c1-13-7-4(9)2-3(6(10)11)5(8)12-7/h2,6H,1H3. The molecular weight excluding hydrogens is 267 g/mol. The highest BCUT2D eigenvalue weighted by Gasteiger charge is 2.16. The molecule has 72 valence electrons. The van der Waals surface area contributed by atoms with Gasteiger partial charge in [0.2, 0.25) is 5.88 Å². The number of methoxy groups -OCH3 is 1. The molecule has 0 aliphatic heterocycles. The van der Waals surface area contributed by atoms with E-state index < -0.39 is 6.43 Å². The lowest BCUT2D eigenvalue weighted by molar-refractivity contribution is 0.150. The van der Waals surface area contributed by atoms with Crippen molar-refractivity contribution in [2.24, 2.45) is 0 Å². The van der Waals surface area contributed by atoms with E-state index in [1.54, 1.807) is 0 Å². The van der Waals surface area contributed by atoms with Crippen LogP contribution >= 0.6 is 27.5 Å². The zero-order chi connectivity index (χ0) is 10.0. The van der Waals surface area contributed by atoms with Crippen LogP contribution in [0.15, 0.2) is 10.7 Å². The first-order valence-corrected chi connectivity index (χ1v) is 4.41. The second kappa shape index (κ2) is 4.19. The second-order valence-corrected chi connectivity index (χ2v) is 3.32. The monoisotopic (exact) mass is 271 g/mol. The summed E-state index contributed by atoms with van der Waals surface area (Å²) in [4.78, 5) is 3.69. The van der Waals surface area contributed by atoms with Crippen molar-refractivity contribution in [1.82, 2.24) is 4.98 Å². The summed E-state index contributed by atoms with van der Waals surface area (Å²) in [5, 5.41) is 0.0704. The van der Waals surface area contributed by atoms with E-state index in [1.807, 2.05) is 0 Å². The highest BCUT2D eigenvalue weighted by molar-refractivity contribution is 9.10. The molecule has 0 bridgehead atoms. The van der Waals surface area contributed by atoms with E-state index in [1.165, 1.54) is 7.11 Å². The van der Waals surface area contributed by atoms with Crippen molar-refractivity contribution < 1.29 is 13.5 Å². The summed E-state index contributed by atoms with van der Waals surface area (Å²) in [6, 6.07) is 1.13. The molecule has 0 amide bonds. The van der Waals surface area contributed by atoms with Crippen LogP contribution in [0.2, 0.25) is 5.02 Å². The topological polar surface area (TPSA) is 22.1 Å². The number of aromatic nitrogens is 1. The fraction of sp³-hybridized carbons (Fsp3) is 0.286. The maximum atomic E-state index is 12.3. The summed E-state index contributed by atoms with van der Waals surface area (Å²) in [7, 11) is 1.36. The van der Waals surface area contributed by atoms with Gasteiger partial charge in [0, 0.05) is 0 Å². The fourth-order valence-corrected chi connectivity index (χ4v) is 1.45. The summed E-state index contributed by atoms with van der Waals surface area (Å²) in [6.07, 6.45) is -2.61. The Morgan fingerprint density at radius 2 is 2.23 bits per heavy atom. The molecule has 0 aliphatic carbocycles. The Kier molecular flexibility index (Phi) is 3.44. The molecule has 13 heavy (non-hydrogen) atoms. The van der Waals surface area contributed by atoms with E-state index in [0.717, 1.165) is 6.07 Å². The molecule has 0 saturated heterocycles. The largest absolute Gasteiger partial charge is 0.480 e. The van der Waals surface area contributed by atoms with Gasteiger partial charge in [0.1, 0.15) is 9.63 Å². The molecule has 0 unspecified atom stereocenters. The third-order valence-electron chi connectivity index (χ3n) is 1.35. The van der Waals surface area contributed by atoms with E-state index in [2.05, 4.69) is 20.9 Å². The fourth-order valence-electron chi connectivity index (χ4n) is 0.761. The molecule has 0 atom stereocenters. The summed E-state index contributed by atoms with van der Waals surface area (Å²) < 4.78 is 29.3. The van der Waals surface area contributed by atoms with Crippen LogP contribution in [0.3, 0.4) is 0 Å². The minimum atomic E-state index is -2.61. The Bertz CT molecular complexity index is 322. The molecule has 0 saturated carbocycles. The lowest BCUT2D eigenvalue weighted by Gasteiger charge is -2.06. The number of rotatable bonds is 2. The van der Waals surface area contributed by atoms with Gasteiger partial charge in [-0.05, 0) is 22.0 Å². The van der Waals surface area contributed by atoms with Gasteiger partial charge < -0.3 is 4.74 Å². The number of hydrogen-bond donors (Lipinski definition) is 0. The average Bonchev–Trinajstić information content (AvgIpc) is 2.07.